The van der Waals surface area contributed by atoms with Crippen LogP contribution in [0.1, 0.15) is 31.9 Å². The third kappa shape index (κ3) is 3.08. The van der Waals surface area contributed by atoms with Crippen LogP contribution in [0.15, 0.2) is 24.3 Å². The van der Waals surface area contributed by atoms with Gasteiger partial charge in [0.1, 0.15) is 11.1 Å². The Hall–Kier alpha value is -1.65. The Morgan fingerprint density at radius 2 is 1.75 bits per heavy atom. The molecule has 0 unspecified atom stereocenters. The van der Waals surface area contributed by atoms with Gasteiger partial charge in [0.25, 0.3) is 6.43 Å². The van der Waals surface area contributed by atoms with Gasteiger partial charge >= 0.3 is 6.09 Å². The van der Waals surface area contributed by atoms with Crippen molar-refractivity contribution < 1.29 is 18.3 Å². The molecule has 0 saturated heterocycles. The molecule has 0 radical (unpaired) electrons. The molecule has 0 aliphatic heterocycles. The number of nitrogens with one attached hydrogen (secondary N) is 1. The van der Waals surface area contributed by atoms with Crippen molar-refractivity contribution in [3.63, 3.8) is 0 Å². The summed E-state index contributed by atoms with van der Waals surface area (Å²) in [4.78, 5) is 11.8. The van der Waals surface area contributed by atoms with Gasteiger partial charge in [0, 0.05) is 12.8 Å². The van der Waals surface area contributed by atoms with Gasteiger partial charge in [-0.05, 0) is 31.9 Å². The zero-order chi connectivity index (χ0) is 15.0. The quantitative estimate of drug-likeness (QED) is 0.904. The maximum Gasteiger partial charge on any atom is 0.408 e. The van der Waals surface area contributed by atoms with Crippen LogP contribution in [0.2, 0.25) is 0 Å². The predicted octanol–water partition coefficient (Wildman–Crippen LogP) is 3.31. The Kier molecular flexibility index (Phi) is 3.71. The molecule has 20 heavy (non-hydrogen) atoms. The molecular formula is C15H19F2NO2. The third-order valence-electron chi connectivity index (χ3n) is 3.30. The van der Waals surface area contributed by atoms with Crippen LogP contribution in [0.3, 0.4) is 0 Å². The molecule has 5 heteroatoms. The molecule has 2 rings (SSSR count). The second kappa shape index (κ2) is 5.04. The summed E-state index contributed by atoms with van der Waals surface area (Å²) >= 11 is 0. The molecule has 0 bridgehead atoms. The normalized spacial score (nSPS) is 16.9. The van der Waals surface area contributed by atoms with Gasteiger partial charge in [0.2, 0.25) is 0 Å². The fourth-order valence-corrected chi connectivity index (χ4v) is 2.45. The average molecular weight is 283 g/mol. The lowest BCUT2D eigenvalue weighted by molar-refractivity contribution is 0.00993. The molecule has 0 fully saturated rings. The summed E-state index contributed by atoms with van der Waals surface area (Å²) in [6, 6.07) is 7.26. The van der Waals surface area contributed by atoms with E-state index in [1.54, 1.807) is 20.8 Å². The van der Waals surface area contributed by atoms with E-state index >= 15 is 0 Å². The average Bonchev–Trinajstić information content (AvgIpc) is 2.65. The number of carbonyl (C=O) groups is 1. The predicted molar refractivity (Wildman–Crippen MR) is 72.0 cm³/mol. The first-order valence-electron chi connectivity index (χ1n) is 6.58. The van der Waals surface area contributed by atoms with Crippen LogP contribution in [-0.4, -0.2) is 23.7 Å². The van der Waals surface area contributed by atoms with E-state index in [-0.39, 0.29) is 12.8 Å². The molecule has 0 atom stereocenters. The molecule has 0 heterocycles. The minimum atomic E-state index is -2.65. The fraction of sp³-hybridized carbons (Fsp3) is 0.533. The van der Waals surface area contributed by atoms with E-state index < -0.39 is 23.7 Å². The van der Waals surface area contributed by atoms with Crippen LogP contribution >= 0.6 is 0 Å². The number of ether oxygens (including phenoxy) is 1. The zero-order valence-electron chi connectivity index (χ0n) is 11.9. The van der Waals surface area contributed by atoms with Crippen LogP contribution in [0.25, 0.3) is 0 Å². The van der Waals surface area contributed by atoms with Crippen molar-refractivity contribution in [1.82, 2.24) is 5.32 Å². The smallest absolute Gasteiger partial charge is 0.408 e. The van der Waals surface area contributed by atoms with Crippen molar-refractivity contribution in [3.05, 3.63) is 35.4 Å². The molecule has 0 saturated carbocycles. The van der Waals surface area contributed by atoms with Gasteiger partial charge in [-0.3, -0.25) is 0 Å². The minimum Gasteiger partial charge on any atom is -0.444 e. The summed E-state index contributed by atoms with van der Waals surface area (Å²) < 4.78 is 32.1. The van der Waals surface area contributed by atoms with Crippen LogP contribution < -0.4 is 5.32 Å². The van der Waals surface area contributed by atoms with Crippen molar-refractivity contribution in [2.24, 2.45) is 0 Å². The highest BCUT2D eigenvalue weighted by Crippen LogP contribution is 2.34. The number of hydrogen-bond donors (Lipinski definition) is 1. The number of amides is 1. The Labute approximate surface area is 117 Å². The van der Waals surface area contributed by atoms with Gasteiger partial charge in [0.05, 0.1) is 0 Å². The third-order valence-corrected chi connectivity index (χ3v) is 3.30. The molecule has 1 N–H and O–H groups in total. The first-order chi connectivity index (χ1) is 9.22. The molecule has 1 aromatic rings. The van der Waals surface area contributed by atoms with E-state index in [1.807, 2.05) is 24.3 Å². The summed E-state index contributed by atoms with van der Waals surface area (Å²) in [7, 11) is 0. The van der Waals surface area contributed by atoms with E-state index in [4.69, 9.17) is 4.74 Å². The topological polar surface area (TPSA) is 38.3 Å². The minimum absolute atomic E-state index is 0.125. The van der Waals surface area contributed by atoms with Gasteiger partial charge in [-0.1, -0.05) is 24.3 Å². The highest BCUT2D eigenvalue weighted by atomic mass is 19.3. The number of halogens is 2. The molecule has 1 amide bonds. The van der Waals surface area contributed by atoms with E-state index in [1.165, 1.54) is 0 Å². The van der Waals surface area contributed by atoms with Gasteiger partial charge in [-0.15, -0.1) is 0 Å². The first kappa shape index (κ1) is 14.8. The van der Waals surface area contributed by atoms with E-state index in [0.717, 1.165) is 11.1 Å². The molecular weight excluding hydrogens is 264 g/mol. The van der Waals surface area contributed by atoms with Crippen molar-refractivity contribution in [3.8, 4) is 0 Å². The summed E-state index contributed by atoms with van der Waals surface area (Å²) in [5.41, 5.74) is -0.571. The number of hydrogen-bond acceptors (Lipinski definition) is 2. The summed E-state index contributed by atoms with van der Waals surface area (Å²) in [5, 5.41) is 2.38. The molecule has 0 aromatic heterocycles. The summed E-state index contributed by atoms with van der Waals surface area (Å²) in [6.07, 6.45) is -3.20. The highest BCUT2D eigenvalue weighted by molar-refractivity contribution is 5.69. The zero-order valence-corrected chi connectivity index (χ0v) is 11.9. The summed E-state index contributed by atoms with van der Waals surface area (Å²) in [5.74, 6) is 0. The van der Waals surface area contributed by atoms with Gasteiger partial charge in [-0.25, -0.2) is 13.6 Å². The Morgan fingerprint density at radius 1 is 1.25 bits per heavy atom. The maximum atomic E-state index is 13.5. The monoisotopic (exact) mass is 283 g/mol. The van der Waals surface area contributed by atoms with Crippen molar-refractivity contribution in [2.45, 2.75) is 51.2 Å². The molecule has 1 aliphatic rings. The lowest BCUT2D eigenvalue weighted by Gasteiger charge is -2.31. The summed E-state index contributed by atoms with van der Waals surface area (Å²) in [6.45, 7) is 5.10. The van der Waals surface area contributed by atoms with E-state index in [2.05, 4.69) is 5.32 Å². The molecule has 1 aromatic carbocycles. The van der Waals surface area contributed by atoms with Crippen LogP contribution in [0.5, 0.6) is 0 Å². The number of alkyl halides is 2. The second-order valence-corrected chi connectivity index (χ2v) is 6.21. The van der Waals surface area contributed by atoms with Crippen LogP contribution in [0, 0.1) is 0 Å². The van der Waals surface area contributed by atoms with Crippen molar-refractivity contribution in [2.75, 3.05) is 0 Å². The SMILES string of the molecule is CC(C)(C)OC(=O)NC1(C(F)F)Cc2ccccc2C1. The Morgan fingerprint density at radius 3 is 2.15 bits per heavy atom. The number of rotatable bonds is 2. The Bertz CT molecular complexity index is 484. The van der Waals surface area contributed by atoms with Crippen molar-refractivity contribution >= 4 is 6.09 Å². The van der Waals surface area contributed by atoms with Gasteiger partial charge in [0.15, 0.2) is 0 Å². The lowest BCUT2D eigenvalue weighted by atomic mass is 9.96. The van der Waals surface area contributed by atoms with E-state index in [9.17, 15) is 13.6 Å². The van der Waals surface area contributed by atoms with E-state index in [0.29, 0.717) is 0 Å². The molecule has 110 valence electrons. The number of alkyl carbamates (subject to hydrolysis) is 1. The first-order valence-corrected chi connectivity index (χ1v) is 6.58. The standard InChI is InChI=1S/C15H19F2NO2/c1-14(2,3)20-13(19)18-15(12(16)17)8-10-6-4-5-7-11(10)9-15/h4-7,12H,8-9H2,1-3H3,(H,18,19). The Balaban J connectivity index is 2.16. The van der Waals surface area contributed by atoms with Crippen LogP contribution in [-0.2, 0) is 17.6 Å². The molecule has 3 nitrogen and oxygen atoms in total. The highest BCUT2D eigenvalue weighted by Gasteiger charge is 2.47. The lowest BCUT2D eigenvalue weighted by Crippen LogP contribution is -2.55. The van der Waals surface area contributed by atoms with Crippen molar-refractivity contribution in [1.29, 1.82) is 0 Å². The largest absolute Gasteiger partial charge is 0.444 e. The maximum absolute atomic E-state index is 13.5. The number of carbonyl (C=O) groups excluding carboxylic acids is 1. The number of benzene rings is 1. The second-order valence-electron chi connectivity index (χ2n) is 6.21. The van der Waals surface area contributed by atoms with Gasteiger partial charge < -0.3 is 10.1 Å². The number of fused-ring (bicyclic) bond motifs is 1. The fourth-order valence-electron chi connectivity index (χ4n) is 2.45. The molecule has 0 spiro atoms. The van der Waals surface area contributed by atoms with Gasteiger partial charge in [-0.2, -0.15) is 0 Å². The van der Waals surface area contributed by atoms with Crippen LogP contribution in [0.4, 0.5) is 13.6 Å². The molecule has 1 aliphatic carbocycles.